The van der Waals surface area contributed by atoms with Gasteiger partial charge in [-0.05, 0) is 36.6 Å². The van der Waals surface area contributed by atoms with E-state index < -0.39 is 0 Å². The van der Waals surface area contributed by atoms with Crippen molar-refractivity contribution in [2.45, 2.75) is 33.2 Å². The molecule has 4 rings (SSSR count). The van der Waals surface area contributed by atoms with Crippen LogP contribution in [0.3, 0.4) is 0 Å². The van der Waals surface area contributed by atoms with Gasteiger partial charge in [0.25, 0.3) is 5.56 Å². The Labute approximate surface area is 179 Å². The number of hydrogen-bond acceptors (Lipinski definition) is 5. The van der Waals surface area contributed by atoms with E-state index in [1.165, 1.54) is 18.9 Å². The van der Waals surface area contributed by atoms with E-state index >= 15 is 0 Å². The topological polar surface area (TPSA) is 90.4 Å². The number of aliphatic imine (C=N–C) groups is 1. The number of carbonyl (C=O) groups is 1. The van der Waals surface area contributed by atoms with Crippen molar-refractivity contribution in [3.05, 3.63) is 57.5 Å². The van der Waals surface area contributed by atoms with Crippen LogP contribution in [0.4, 0.5) is 5.82 Å². The van der Waals surface area contributed by atoms with Gasteiger partial charge in [0.15, 0.2) is 0 Å². The van der Waals surface area contributed by atoms with E-state index in [0.29, 0.717) is 41.4 Å². The van der Waals surface area contributed by atoms with Gasteiger partial charge in [-0.1, -0.05) is 31.5 Å². The molecule has 0 radical (unpaired) electrons. The number of rotatable bonds is 6. The summed E-state index contributed by atoms with van der Waals surface area (Å²) in [6, 6.07) is 6.87. The molecule has 2 aromatic rings. The van der Waals surface area contributed by atoms with Gasteiger partial charge >= 0.3 is 0 Å². The van der Waals surface area contributed by atoms with Crippen molar-refractivity contribution in [2.75, 3.05) is 11.6 Å². The number of hydrogen-bond donors (Lipinski definition) is 2. The second kappa shape index (κ2) is 8.44. The van der Waals surface area contributed by atoms with E-state index in [-0.39, 0.29) is 17.4 Å². The average Bonchev–Trinajstić information content (AvgIpc) is 3.58. The molecule has 0 unspecified atom stereocenters. The maximum atomic E-state index is 12.3. The SMILES string of the molecule is CC(C)C(=O)NCc1ccc(Cl)c(-c2nc(N3C=CC(C4CC4)=NC3)cc(=O)[nH]2)c1. The zero-order chi connectivity index (χ0) is 21.3. The molecule has 2 aliphatic rings. The Morgan fingerprint density at radius 3 is 2.80 bits per heavy atom. The van der Waals surface area contributed by atoms with E-state index in [1.54, 1.807) is 6.07 Å². The third-order valence-corrected chi connectivity index (χ3v) is 5.46. The molecule has 0 bridgehead atoms. The monoisotopic (exact) mass is 425 g/mol. The molecule has 2 heterocycles. The van der Waals surface area contributed by atoms with E-state index in [9.17, 15) is 9.59 Å². The summed E-state index contributed by atoms with van der Waals surface area (Å²) in [6.45, 7) is 4.50. The summed E-state index contributed by atoms with van der Waals surface area (Å²) in [5.41, 5.74) is 2.33. The molecule has 1 fully saturated rings. The fraction of sp³-hybridized carbons (Fsp3) is 0.364. The molecular formula is C22H24ClN5O2. The summed E-state index contributed by atoms with van der Waals surface area (Å²) in [5.74, 6) is 1.36. The molecule has 0 spiro atoms. The van der Waals surface area contributed by atoms with Crippen LogP contribution in [-0.2, 0) is 11.3 Å². The van der Waals surface area contributed by atoms with Crippen LogP contribution in [0.5, 0.6) is 0 Å². The molecule has 2 N–H and O–H groups in total. The predicted octanol–water partition coefficient (Wildman–Crippen LogP) is 3.50. The summed E-state index contributed by atoms with van der Waals surface area (Å²) in [7, 11) is 0. The van der Waals surface area contributed by atoms with E-state index in [1.807, 2.05) is 43.2 Å². The molecule has 1 saturated carbocycles. The van der Waals surface area contributed by atoms with Crippen molar-refractivity contribution in [1.82, 2.24) is 15.3 Å². The maximum absolute atomic E-state index is 12.3. The number of aromatic amines is 1. The third-order valence-electron chi connectivity index (χ3n) is 5.13. The van der Waals surface area contributed by atoms with Gasteiger partial charge in [0.2, 0.25) is 5.91 Å². The highest BCUT2D eigenvalue weighted by Gasteiger charge is 2.27. The predicted molar refractivity (Wildman–Crippen MR) is 119 cm³/mol. The lowest BCUT2D eigenvalue weighted by Gasteiger charge is -2.21. The van der Waals surface area contributed by atoms with Crippen LogP contribution < -0.4 is 15.8 Å². The third kappa shape index (κ3) is 4.62. The number of amides is 1. The van der Waals surface area contributed by atoms with Crippen molar-refractivity contribution >= 4 is 29.0 Å². The lowest BCUT2D eigenvalue weighted by molar-refractivity contribution is -0.124. The molecule has 1 aromatic heterocycles. The highest BCUT2D eigenvalue weighted by atomic mass is 35.5. The number of carbonyl (C=O) groups excluding carboxylic acids is 1. The molecule has 0 saturated heterocycles. The quantitative estimate of drug-likeness (QED) is 0.741. The van der Waals surface area contributed by atoms with E-state index in [0.717, 1.165) is 11.3 Å². The van der Waals surface area contributed by atoms with Crippen molar-refractivity contribution in [1.29, 1.82) is 0 Å². The number of aromatic nitrogens is 2. The van der Waals surface area contributed by atoms with Crippen LogP contribution in [0.1, 0.15) is 32.3 Å². The zero-order valence-electron chi connectivity index (χ0n) is 17.0. The van der Waals surface area contributed by atoms with Gasteiger partial charge in [0.05, 0.1) is 5.02 Å². The molecular weight excluding hydrogens is 402 g/mol. The van der Waals surface area contributed by atoms with Crippen molar-refractivity contribution in [3.8, 4) is 11.4 Å². The first kappa shape index (κ1) is 20.3. The van der Waals surface area contributed by atoms with Gasteiger partial charge in [0, 0.05) is 41.9 Å². The summed E-state index contributed by atoms with van der Waals surface area (Å²) in [4.78, 5) is 38.0. The minimum absolute atomic E-state index is 0.0250. The smallest absolute Gasteiger partial charge is 0.253 e. The van der Waals surface area contributed by atoms with Crippen LogP contribution in [0.25, 0.3) is 11.4 Å². The Kier molecular flexibility index (Phi) is 5.72. The fourth-order valence-electron chi connectivity index (χ4n) is 3.19. The number of nitrogens with one attached hydrogen (secondary N) is 2. The van der Waals surface area contributed by atoms with Crippen molar-refractivity contribution in [2.24, 2.45) is 16.8 Å². The highest BCUT2D eigenvalue weighted by Crippen LogP contribution is 2.32. The second-order valence-electron chi connectivity index (χ2n) is 7.92. The number of benzene rings is 1. The number of H-pyrrole nitrogens is 1. The van der Waals surface area contributed by atoms with Crippen molar-refractivity contribution in [3.63, 3.8) is 0 Å². The highest BCUT2D eigenvalue weighted by molar-refractivity contribution is 6.33. The standard InChI is InChI=1S/C22H24ClN5O2/c1-13(2)22(30)24-11-14-3-6-17(23)16(9-14)21-26-19(10-20(29)27-21)28-8-7-18(25-12-28)15-4-5-15/h3,6-10,13,15H,4-5,11-12H2,1-2H3,(H,24,30)(H,26,27,29). The Balaban J connectivity index is 1.58. The zero-order valence-corrected chi connectivity index (χ0v) is 17.7. The first-order valence-corrected chi connectivity index (χ1v) is 10.5. The summed E-state index contributed by atoms with van der Waals surface area (Å²) in [6.07, 6.45) is 6.31. The minimum Gasteiger partial charge on any atom is -0.352 e. The average molecular weight is 426 g/mol. The fourth-order valence-corrected chi connectivity index (χ4v) is 3.40. The summed E-state index contributed by atoms with van der Waals surface area (Å²) < 4.78 is 0. The normalized spacial score (nSPS) is 16.0. The van der Waals surface area contributed by atoms with Crippen LogP contribution in [0.15, 0.2) is 46.3 Å². The first-order valence-electron chi connectivity index (χ1n) is 10.1. The van der Waals surface area contributed by atoms with Gasteiger partial charge in [-0.2, -0.15) is 0 Å². The van der Waals surface area contributed by atoms with Crippen LogP contribution >= 0.6 is 11.6 Å². The Bertz CT molecular complexity index is 1090. The second-order valence-corrected chi connectivity index (χ2v) is 8.33. The van der Waals surface area contributed by atoms with Crippen LogP contribution in [0.2, 0.25) is 5.02 Å². The maximum Gasteiger partial charge on any atom is 0.253 e. The van der Waals surface area contributed by atoms with Gasteiger partial charge in [0.1, 0.15) is 18.3 Å². The number of anilines is 1. The first-order chi connectivity index (χ1) is 14.4. The lowest BCUT2D eigenvalue weighted by Crippen LogP contribution is -2.27. The van der Waals surface area contributed by atoms with Gasteiger partial charge < -0.3 is 15.2 Å². The number of nitrogens with zero attached hydrogens (tertiary/aromatic N) is 3. The largest absolute Gasteiger partial charge is 0.352 e. The van der Waals surface area contributed by atoms with Crippen molar-refractivity contribution < 1.29 is 4.79 Å². The molecule has 156 valence electrons. The molecule has 0 atom stereocenters. The van der Waals surface area contributed by atoms with E-state index in [2.05, 4.69) is 20.3 Å². The Hall–Kier alpha value is -2.93. The van der Waals surface area contributed by atoms with Crippen LogP contribution in [0, 0.1) is 11.8 Å². The molecule has 1 aliphatic heterocycles. The minimum atomic E-state index is -0.269. The molecule has 1 aromatic carbocycles. The number of allylic oxidation sites excluding steroid dienone is 1. The van der Waals surface area contributed by atoms with Crippen LogP contribution in [-0.4, -0.2) is 28.3 Å². The lowest BCUT2D eigenvalue weighted by atomic mass is 10.1. The molecule has 8 heteroatoms. The molecule has 7 nitrogen and oxygen atoms in total. The Morgan fingerprint density at radius 2 is 2.13 bits per heavy atom. The molecule has 30 heavy (non-hydrogen) atoms. The van der Waals surface area contributed by atoms with Gasteiger partial charge in [-0.3, -0.25) is 14.6 Å². The van der Waals surface area contributed by atoms with Gasteiger partial charge in [-0.25, -0.2) is 4.98 Å². The molecule has 1 aliphatic carbocycles. The van der Waals surface area contributed by atoms with Gasteiger partial charge in [-0.15, -0.1) is 0 Å². The summed E-state index contributed by atoms with van der Waals surface area (Å²) in [5, 5.41) is 3.35. The summed E-state index contributed by atoms with van der Waals surface area (Å²) >= 11 is 6.40. The van der Waals surface area contributed by atoms with E-state index in [4.69, 9.17) is 11.6 Å². The number of halogens is 1. The Morgan fingerprint density at radius 1 is 1.33 bits per heavy atom. The molecule has 1 amide bonds.